The van der Waals surface area contributed by atoms with E-state index in [1.165, 1.54) is 0 Å². The second kappa shape index (κ2) is 4.93. The molecule has 0 saturated carbocycles. The molecule has 0 amide bonds. The minimum Gasteiger partial charge on any atom is -0.478 e. The summed E-state index contributed by atoms with van der Waals surface area (Å²) < 4.78 is 0. The molecule has 0 bridgehead atoms. The van der Waals surface area contributed by atoms with Crippen molar-refractivity contribution in [2.45, 2.75) is 20.0 Å². The van der Waals surface area contributed by atoms with E-state index < -0.39 is 14.8 Å². The van der Waals surface area contributed by atoms with E-state index in [-0.39, 0.29) is 0 Å². The molecular formula is C12H16O2Si. The summed E-state index contributed by atoms with van der Waals surface area (Å²) in [5.74, 6) is -0.810. The largest absolute Gasteiger partial charge is 0.478 e. The molecule has 15 heavy (non-hydrogen) atoms. The zero-order valence-corrected chi connectivity index (χ0v) is 10.5. The molecule has 0 aliphatic heterocycles. The summed E-state index contributed by atoms with van der Waals surface area (Å²) in [6, 6.07) is 9.80. The highest BCUT2D eigenvalue weighted by Crippen LogP contribution is 2.21. The molecule has 1 rings (SSSR count). The molecule has 0 unspecified atom stereocenters. The van der Waals surface area contributed by atoms with Gasteiger partial charge in [-0.05, 0) is 17.7 Å². The maximum Gasteiger partial charge on any atom is 0.331 e. The fourth-order valence-corrected chi connectivity index (χ4v) is 3.56. The summed E-state index contributed by atoms with van der Waals surface area (Å²) in [4.78, 5) is 11.0. The van der Waals surface area contributed by atoms with Gasteiger partial charge in [-0.15, -0.1) is 0 Å². The van der Waals surface area contributed by atoms with Gasteiger partial charge in [0.2, 0.25) is 0 Å². The third-order valence-corrected chi connectivity index (χ3v) is 4.31. The van der Waals surface area contributed by atoms with E-state index in [1.54, 1.807) is 6.92 Å². The second-order valence-electron chi connectivity index (χ2n) is 3.86. The molecule has 3 heteroatoms. The predicted octanol–water partition coefficient (Wildman–Crippen LogP) is 2.57. The van der Waals surface area contributed by atoms with Crippen LogP contribution in [0.2, 0.25) is 13.1 Å². The number of hydrogen-bond donors (Lipinski definition) is 1. The Labute approximate surface area is 91.9 Å². The monoisotopic (exact) mass is 220 g/mol. The molecule has 0 aliphatic rings. The topological polar surface area (TPSA) is 37.3 Å². The lowest BCUT2D eigenvalue weighted by atomic mass is 10.1. The second-order valence-corrected chi connectivity index (χ2v) is 6.75. The van der Waals surface area contributed by atoms with Crippen molar-refractivity contribution >= 4 is 20.0 Å². The number of benzene rings is 1. The van der Waals surface area contributed by atoms with E-state index in [1.807, 2.05) is 30.3 Å². The molecule has 1 aromatic rings. The van der Waals surface area contributed by atoms with Gasteiger partial charge < -0.3 is 5.11 Å². The number of rotatable bonds is 3. The first-order chi connectivity index (χ1) is 7.04. The number of carboxylic acids is 1. The van der Waals surface area contributed by atoms with Crippen molar-refractivity contribution < 1.29 is 9.90 Å². The van der Waals surface area contributed by atoms with Gasteiger partial charge in [0, 0.05) is 5.57 Å². The van der Waals surface area contributed by atoms with Crippen LogP contribution in [0.5, 0.6) is 0 Å². The molecule has 0 spiro atoms. The molecule has 0 fully saturated rings. The Bertz CT molecular complexity index is 380. The minimum absolute atomic E-state index is 0.489. The summed E-state index contributed by atoms with van der Waals surface area (Å²) in [5.41, 5.74) is 1.54. The highest BCUT2D eigenvalue weighted by molar-refractivity contribution is 6.77. The molecular weight excluding hydrogens is 204 g/mol. The van der Waals surface area contributed by atoms with Gasteiger partial charge in [0.1, 0.15) is 0 Å². The first-order valence-electron chi connectivity index (χ1n) is 5.03. The average Bonchev–Trinajstić information content (AvgIpc) is 2.18. The number of aliphatic carboxylic acids is 1. The van der Waals surface area contributed by atoms with Crippen molar-refractivity contribution in [1.29, 1.82) is 0 Å². The van der Waals surface area contributed by atoms with Crippen molar-refractivity contribution in [3.05, 3.63) is 41.5 Å². The molecule has 0 heterocycles. The van der Waals surface area contributed by atoms with Crippen LogP contribution in [-0.2, 0) is 4.79 Å². The summed E-state index contributed by atoms with van der Waals surface area (Å²) in [6.07, 6.45) is 0. The lowest BCUT2D eigenvalue weighted by molar-refractivity contribution is -0.132. The molecule has 0 saturated heterocycles. The molecule has 80 valence electrons. The Morgan fingerprint density at radius 1 is 1.20 bits per heavy atom. The van der Waals surface area contributed by atoms with Crippen molar-refractivity contribution in [2.75, 3.05) is 0 Å². The summed E-state index contributed by atoms with van der Waals surface area (Å²) in [5, 5.41) is 10.1. The van der Waals surface area contributed by atoms with Gasteiger partial charge in [0.05, 0.1) is 8.80 Å². The Hall–Kier alpha value is -1.35. The van der Waals surface area contributed by atoms with Crippen LogP contribution < -0.4 is 0 Å². The van der Waals surface area contributed by atoms with Crippen LogP contribution in [-0.4, -0.2) is 19.9 Å². The molecule has 1 aromatic carbocycles. The molecule has 0 atom stereocenters. The lowest BCUT2D eigenvalue weighted by Crippen LogP contribution is -2.11. The van der Waals surface area contributed by atoms with Crippen molar-refractivity contribution in [3.63, 3.8) is 0 Å². The highest BCUT2D eigenvalue weighted by atomic mass is 28.3. The Morgan fingerprint density at radius 3 is 2.13 bits per heavy atom. The van der Waals surface area contributed by atoms with Gasteiger partial charge in [-0.3, -0.25) is 0 Å². The molecule has 0 aromatic heterocycles. The van der Waals surface area contributed by atoms with Crippen LogP contribution in [0.15, 0.2) is 35.9 Å². The lowest BCUT2D eigenvalue weighted by Gasteiger charge is -2.13. The summed E-state index contributed by atoms with van der Waals surface area (Å²) >= 11 is 0. The van der Waals surface area contributed by atoms with Gasteiger partial charge in [-0.1, -0.05) is 43.4 Å². The molecule has 0 aliphatic carbocycles. The zero-order chi connectivity index (χ0) is 11.4. The van der Waals surface area contributed by atoms with Gasteiger partial charge in [-0.25, -0.2) is 4.79 Å². The summed E-state index contributed by atoms with van der Waals surface area (Å²) in [7, 11) is -1.13. The maximum absolute atomic E-state index is 11.0. The van der Waals surface area contributed by atoms with E-state index in [4.69, 9.17) is 5.11 Å². The Morgan fingerprint density at radius 2 is 1.73 bits per heavy atom. The zero-order valence-electron chi connectivity index (χ0n) is 9.32. The van der Waals surface area contributed by atoms with E-state index in [9.17, 15) is 4.79 Å². The van der Waals surface area contributed by atoms with Crippen LogP contribution in [0.25, 0.3) is 5.20 Å². The Balaban J connectivity index is 3.27. The Kier molecular flexibility index (Phi) is 3.86. The smallest absolute Gasteiger partial charge is 0.331 e. The minimum atomic E-state index is -1.13. The fourth-order valence-electron chi connectivity index (χ4n) is 1.72. The fraction of sp³-hybridized carbons (Fsp3) is 0.250. The van der Waals surface area contributed by atoms with Crippen molar-refractivity contribution in [1.82, 2.24) is 0 Å². The predicted molar refractivity (Wildman–Crippen MR) is 65.5 cm³/mol. The maximum atomic E-state index is 11.0. The van der Waals surface area contributed by atoms with Crippen molar-refractivity contribution in [3.8, 4) is 0 Å². The first kappa shape index (κ1) is 11.7. The van der Waals surface area contributed by atoms with Gasteiger partial charge >= 0.3 is 5.97 Å². The van der Waals surface area contributed by atoms with Gasteiger partial charge in [-0.2, -0.15) is 0 Å². The number of carboxylic acid groups (broad SMARTS) is 1. The third kappa shape index (κ3) is 2.80. The molecule has 1 N–H and O–H groups in total. The highest BCUT2D eigenvalue weighted by Gasteiger charge is 2.14. The van der Waals surface area contributed by atoms with Crippen LogP contribution in [0, 0.1) is 0 Å². The van der Waals surface area contributed by atoms with Crippen LogP contribution in [0.3, 0.4) is 0 Å². The number of carbonyl (C=O) groups is 1. The van der Waals surface area contributed by atoms with E-state index in [0.29, 0.717) is 5.57 Å². The molecule has 0 radical (unpaired) electrons. The third-order valence-electron chi connectivity index (χ3n) is 2.39. The van der Waals surface area contributed by atoms with E-state index >= 15 is 0 Å². The van der Waals surface area contributed by atoms with Crippen LogP contribution in [0.4, 0.5) is 0 Å². The number of hydrogen-bond acceptors (Lipinski definition) is 1. The van der Waals surface area contributed by atoms with Crippen LogP contribution >= 0.6 is 0 Å². The van der Waals surface area contributed by atoms with Crippen molar-refractivity contribution in [2.24, 2.45) is 0 Å². The SMILES string of the molecule is CC(C(=O)O)=C(c1ccccc1)[SiH](C)C. The normalized spacial score (nSPS) is 12.5. The quantitative estimate of drug-likeness (QED) is 0.628. The van der Waals surface area contributed by atoms with Gasteiger partial charge in [0.15, 0.2) is 0 Å². The first-order valence-corrected chi connectivity index (χ1v) is 7.92. The van der Waals surface area contributed by atoms with Crippen LogP contribution in [0.1, 0.15) is 12.5 Å². The van der Waals surface area contributed by atoms with Gasteiger partial charge in [0.25, 0.3) is 0 Å². The standard InChI is InChI=1S/C12H16O2Si/c1-9(12(13)14)11(15(2)3)10-7-5-4-6-8-10/h4-8,15H,1-3H3,(H,13,14). The average molecular weight is 220 g/mol. The summed E-state index contributed by atoms with van der Waals surface area (Å²) in [6.45, 7) is 5.99. The van der Waals surface area contributed by atoms with E-state index in [2.05, 4.69) is 13.1 Å². The molecule has 2 nitrogen and oxygen atoms in total. The van der Waals surface area contributed by atoms with E-state index in [0.717, 1.165) is 10.8 Å².